The zero-order chi connectivity index (χ0) is 23.2. The molecule has 1 aliphatic rings. The molecule has 1 saturated heterocycles. The molecule has 4 aromatic rings. The van der Waals surface area contributed by atoms with Gasteiger partial charge in [0.25, 0.3) is 5.56 Å². The number of aromatic nitrogens is 4. The zero-order valence-electron chi connectivity index (χ0n) is 17.6. The fourth-order valence-electron chi connectivity index (χ4n) is 4.37. The summed E-state index contributed by atoms with van der Waals surface area (Å²) in [4.78, 5) is 15.6. The first-order valence-electron chi connectivity index (χ1n) is 10.8. The average Bonchev–Trinajstić information content (AvgIpc) is 3.04. The van der Waals surface area contributed by atoms with E-state index >= 15 is 0 Å². The maximum Gasteiger partial charge on any atom is 0.416 e. The van der Waals surface area contributed by atoms with Gasteiger partial charge in [0.05, 0.1) is 23.0 Å². The second-order valence-corrected chi connectivity index (χ2v) is 8.72. The molecule has 0 bridgehead atoms. The van der Waals surface area contributed by atoms with Crippen molar-refractivity contribution < 1.29 is 13.2 Å². The number of fused-ring (bicyclic) bond motifs is 3. The van der Waals surface area contributed by atoms with Crippen LogP contribution in [0.25, 0.3) is 16.7 Å². The van der Waals surface area contributed by atoms with Crippen LogP contribution in [0, 0.1) is 0 Å². The molecule has 3 heterocycles. The van der Waals surface area contributed by atoms with Crippen LogP contribution in [0.3, 0.4) is 0 Å². The minimum atomic E-state index is -4.42. The van der Waals surface area contributed by atoms with Crippen molar-refractivity contribution >= 4 is 34.2 Å². The Kier molecular flexibility index (Phi) is 5.52. The van der Waals surface area contributed by atoms with Gasteiger partial charge < -0.3 is 4.90 Å². The molecular weight excluding hydrogens is 455 g/mol. The van der Waals surface area contributed by atoms with Gasteiger partial charge in [-0.1, -0.05) is 36.6 Å². The summed E-state index contributed by atoms with van der Waals surface area (Å²) in [5, 5.41) is 9.57. The Morgan fingerprint density at radius 1 is 0.939 bits per heavy atom. The third-order valence-corrected chi connectivity index (χ3v) is 6.29. The first-order chi connectivity index (χ1) is 15.8. The summed E-state index contributed by atoms with van der Waals surface area (Å²) in [5.41, 5.74) is 0.134. The molecule has 5 rings (SSSR count). The van der Waals surface area contributed by atoms with Crippen LogP contribution in [-0.2, 0) is 12.7 Å². The summed E-state index contributed by atoms with van der Waals surface area (Å²) in [6.45, 7) is 1.74. The molecule has 6 nitrogen and oxygen atoms in total. The standard InChI is InChI=1S/C23H21ClF3N5O/c24-17-9-10-19-18(13-17)20(33)31(14-15-5-7-16(8-6-15)23(25,26)27)22-29-28-21(32(19)22)30-11-3-1-2-4-12-30/h5-10,13H,1-4,11-12,14H2. The van der Waals surface area contributed by atoms with Crippen LogP contribution < -0.4 is 10.5 Å². The SMILES string of the molecule is O=c1c2cc(Cl)ccc2n2c(N3CCCCCC3)nnc2n1Cc1ccc(C(F)(F)F)cc1. The van der Waals surface area contributed by atoms with Gasteiger partial charge in [-0.15, -0.1) is 10.2 Å². The van der Waals surface area contributed by atoms with Crippen LogP contribution in [0.5, 0.6) is 0 Å². The zero-order valence-corrected chi connectivity index (χ0v) is 18.4. The van der Waals surface area contributed by atoms with Crippen molar-refractivity contribution in [2.24, 2.45) is 0 Å². The highest BCUT2D eigenvalue weighted by atomic mass is 35.5. The molecule has 2 aromatic carbocycles. The Hall–Kier alpha value is -3.07. The highest BCUT2D eigenvalue weighted by Gasteiger charge is 2.30. The van der Waals surface area contributed by atoms with E-state index in [2.05, 4.69) is 15.1 Å². The van der Waals surface area contributed by atoms with E-state index in [-0.39, 0.29) is 12.1 Å². The summed E-state index contributed by atoms with van der Waals surface area (Å²) >= 11 is 6.19. The molecule has 1 aliphatic heterocycles. The normalized spacial score (nSPS) is 15.3. The highest BCUT2D eigenvalue weighted by Crippen LogP contribution is 2.29. The maximum atomic E-state index is 13.4. The van der Waals surface area contributed by atoms with Crippen LogP contribution in [-0.4, -0.2) is 32.3 Å². The number of hydrogen-bond donors (Lipinski definition) is 0. The minimum absolute atomic E-state index is 0.0566. The summed E-state index contributed by atoms with van der Waals surface area (Å²) in [6, 6.07) is 9.88. The number of hydrogen-bond acceptors (Lipinski definition) is 4. The second-order valence-electron chi connectivity index (χ2n) is 8.28. The van der Waals surface area contributed by atoms with Gasteiger partial charge in [-0.2, -0.15) is 13.2 Å². The first-order valence-corrected chi connectivity index (χ1v) is 11.2. The van der Waals surface area contributed by atoms with Gasteiger partial charge in [0.15, 0.2) is 0 Å². The van der Waals surface area contributed by atoms with E-state index in [1.54, 1.807) is 18.2 Å². The number of anilines is 1. The predicted molar refractivity (Wildman–Crippen MR) is 121 cm³/mol. The molecule has 0 radical (unpaired) electrons. The lowest BCUT2D eigenvalue weighted by molar-refractivity contribution is -0.137. The number of benzene rings is 2. The summed E-state index contributed by atoms with van der Waals surface area (Å²) < 4.78 is 42.1. The molecule has 0 N–H and O–H groups in total. The smallest absolute Gasteiger partial charge is 0.341 e. The predicted octanol–water partition coefficient (Wildman–Crippen LogP) is 5.15. The molecule has 33 heavy (non-hydrogen) atoms. The van der Waals surface area contributed by atoms with E-state index in [1.165, 1.54) is 16.7 Å². The Labute approximate surface area is 192 Å². The fraction of sp³-hybridized carbons (Fsp3) is 0.348. The van der Waals surface area contributed by atoms with E-state index in [0.29, 0.717) is 33.2 Å². The number of alkyl halides is 3. The van der Waals surface area contributed by atoms with E-state index in [9.17, 15) is 18.0 Å². The molecule has 0 unspecified atom stereocenters. The minimum Gasteiger partial charge on any atom is -0.341 e. The molecule has 0 atom stereocenters. The molecule has 1 fully saturated rings. The van der Waals surface area contributed by atoms with Gasteiger partial charge in [-0.05, 0) is 48.7 Å². The fourth-order valence-corrected chi connectivity index (χ4v) is 4.54. The van der Waals surface area contributed by atoms with Gasteiger partial charge in [0.1, 0.15) is 0 Å². The van der Waals surface area contributed by atoms with Gasteiger partial charge in [-0.3, -0.25) is 9.36 Å². The van der Waals surface area contributed by atoms with Crippen molar-refractivity contribution in [1.82, 2.24) is 19.2 Å². The monoisotopic (exact) mass is 475 g/mol. The van der Waals surface area contributed by atoms with E-state index in [1.807, 2.05) is 4.40 Å². The van der Waals surface area contributed by atoms with Crippen molar-refractivity contribution in [3.63, 3.8) is 0 Å². The summed E-state index contributed by atoms with van der Waals surface area (Å²) in [5.74, 6) is 0.995. The second kappa shape index (κ2) is 8.37. The van der Waals surface area contributed by atoms with Crippen molar-refractivity contribution in [3.05, 3.63) is 69.0 Å². The third-order valence-electron chi connectivity index (χ3n) is 6.06. The molecule has 0 aliphatic carbocycles. The van der Waals surface area contributed by atoms with Crippen molar-refractivity contribution in [2.45, 2.75) is 38.4 Å². The van der Waals surface area contributed by atoms with Crippen LogP contribution in [0.15, 0.2) is 47.3 Å². The van der Waals surface area contributed by atoms with E-state index in [0.717, 1.165) is 50.9 Å². The molecule has 172 valence electrons. The quantitative estimate of drug-likeness (QED) is 0.411. The molecule has 0 amide bonds. The van der Waals surface area contributed by atoms with Crippen molar-refractivity contribution in [3.8, 4) is 0 Å². The van der Waals surface area contributed by atoms with E-state index in [4.69, 9.17) is 11.6 Å². The molecule has 0 spiro atoms. The lowest BCUT2D eigenvalue weighted by Crippen LogP contribution is -2.28. The Morgan fingerprint density at radius 2 is 1.64 bits per heavy atom. The Bertz CT molecular complexity index is 1370. The molecular formula is C23H21ClF3N5O. The van der Waals surface area contributed by atoms with Gasteiger partial charge in [-0.25, -0.2) is 4.40 Å². The van der Waals surface area contributed by atoms with Crippen molar-refractivity contribution in [2.75, 3.05) is 18.0 Å². The topological polar surface area (TPSA) is 55.4 Å². The Balaban J connectivity index is 1.68. The summed E-state index contributed by atoms with van der Waals surface area (Å²) in [7, 11) is 0. The molecule has 10 heteroatoms. The highest BCUT2D eigenvalue weighted by molar-refractivity contribution is 6.31. The molecule has 2 aromatic heterocycles. The summed E-state index contributed by atoms with van der Waals surface area (Å²) in [6.07, 6.45) is -0.0183. The van der Waals surface area contributed by atoms with Gasteiger partial charge in [0, 0.05) is 18.1 Å². The van der Waals surface area contributed by atoms with Crippen LogP contribution in [0.1, 0.15) is 36.8 Å². The lowest BCUT2D eigenvalue weighted by Gasteiger charge is -2.21. The lowest BCUT2D eigenvalue weighted by atomic mass is 10.1. The number of rotatable bonds is 3. The van der Waals surface area contributed by atoms with Crippen LogP contribution >= 0.6 is 11.6 Å². The van der Waals surface area contributed by atoms with E-state index < -0.39 is 11.7 Å². The van der Waals surface area contributed by atoms with Crippen LogP contribution in [0.4, 0.5) is 19.1 Å². The Morgan fingerprint density at radius 3 is 2.30 bits per heavy atom. The van der Waals surface area contributed by atoms with Gasteiger partial charge in [0.2, 0.25) is 11.7 Å². The van der Waals surface area contributed by atoms with Gasteiger partial charge >= 0.3 is 6.18 Å². The first kappa shape index (κ1) is 21.8. The third kappa shape index (κ3) is 4.06. The largest absolute Gasteiger partial charge is 0.416 e. The number of nitrogens with zero attached hydrogens (tertiary/aromatic N) is 5. The molecule has 0 saturated carbocycles. The maximum absolute atomic E-state index is 13.4. The van der Waals surface area contributed by atoms with Crippen LogP contribution in [0.2, 0.25) is 5.02 Å². The average molecular weight is 476 g/mol. The van der Waals surface area contributed by atoms with Crippen molar-refractivity contribution in [1.29, 1.82) is 0 Å². The number of halogens is 4.